The van der Waals surface area contributed by atoms with Crippen LogP contribution in [0, 0.1) is 0 Å². The number of nitrogens with one attached hydrogen (secondary N) is 1. The molecule has 0 spiro atoms. The topological polar surface area (TPSA) is 97.3 Å². The molecule has 9 heteroatoms. The summed E-state index contributed by atoms with van der Waals surface area (Å²) in [5.41, 5.74) is 2.07. The number of carboxylic acids is 1. The number of benzene rings is 3. The Bertz CT molecular complexity index is 1240. The van der Waals surface area contributed by atoms with Crippen LogP contribution in [-0.4, -0.2) is 56.4 Å². The van der Waals surface area contributed by atoms with Crippen molar-refractivity contribution in [3.63, 3.8) is 0 Å². The van der Waals surface area contributed by atoms with Crippen LogP contribution in [0.2, 0.25) is 5.02 Å². The van der Waals surface area contributed by atoms with Gasteiger partial charge in [0.05, 0.1) is 24.8 Å². The van der Waals surface area contributed by atoms with Gasteiger partial charge >= 0.3 is 5.97 Å². The number of hydrogen-bond donors (Lipinski definition) is 2. The van der Waals surface area contributed by atoms with Crippen LogP contribution in [0.4, 0.5) is 5.69 Å². The number of hydrogen-bond acceptors (Lipinski definition) is 6. The monoisotopic (exact) mass is 538 g/mol. The first-order valence-corrected chi connectivity index (χ1v) is 12.8. The van der Waals surface area contributed by atoms with E-state index in [2.05, 4.69) is 22.3 Å². The molecule has 1 saturated heterocycles. The molecule has 1 amide bonds. The highest BCUT2D eigenvalue weighted by molar-refractivity contribution is 6.34. The summed E-state index contributed by atoms with van der Waals surface area (Å²) in [5, 5.41) is 12.4. The van der Waals surface area contributed by atoms with Crippen LogP contribution in [-0.2, 0) is 11.2 Å². The third kappa shape index (κ3) is 6.69. The van der Waals surface area contributed by atoms with Crippen LogP contribution in [0.25, 0.3) is 0 Å². The highest BCUT2D eigenvalue weighted by Crippen LogP contribution is 2.33. The Morgan fingerprint density at radius 1 is 1.00 bits per heavy atom. The lowest BCUT2D eigenvalue weighted by Gasteiger charge is -2.33. The first-order chi connectivity index (χ1) is 18.4. The predicted octanol–water partition coefficient (Wildman–Crippen LogP) is 4.83. The van der Waals surface area contributed by atoms with Crippen molar-refractivity contribution in [2.75, 3.05) is 32.2 Å². The summed E-state index contributed by atoms with van der Waals surface area (Å²) in [6.45, 7) is 1.85. The lowest BCUT2D eigenvalue weighted by Crippen LogP contribution is -2.42. The molecule has 1 fully saturated rings. The average Bonchev–Trinajstić information content (AvgIpc) is 2.94. The van der Waals surface area contributed by atoms with Crippen molar-refractivity contribution in [2.45, 2.75) is 31.4 Å². The summed E-state index contributed by atoms with van der Waals surface area (Å²) in [5.74, 6) is -0.353. The lowest BCUT2D eigenvalue weighted by atomic mass is 10.0. The van der Waals surface area contributed by atoms with Crippen LogP contribution >= 0.6 is 11.6 Å². The smallest absolute Gasteiger partial charge is 0.326 e. The maximum absolute atomic E-state index is 12.8. The molecule has 1 aliphatic rings. The van der Waals surface area contributed by atoms with Crippen LogP contribution in [0.3, 0.4) is 0 Å². The number of methoxy groups -OCH3 is 2. The minimum Gasteiger partial charge on any atom is -0.493 e. The number of carboxylic acid groups (broad SMARTS) is 1. The van der Waals surface area contributed by atoms with E-state index in [1.54, 1.807) is 0 Å². The van der Waals surface area contributed by atoms with Crippen molar-refractivity contribution in [3.8, 4) is 17.2 Å². The summed E-state index contributed by atoms with van der Waals surface area (Å²) in [6, 6.07) is 19.4. The van der Waals surface area contributed by atoms with E-state index >= 15 is 0 Å². The molecule has 0 saturated carbocycles. The number of halogens is 1. The van der Waals surface area contributed by atoms with E-state index in [-0.39, 0.29) is 23.1 Å². The molecule has 1 unspecified atom stereocenters. The van der Waals surface area contributed by atoms with Gasteiger partial charge in [0.1, 0.15) is 17.9 Å². The predicted molar refractivity (Wildman–Crippen MR) is 146 cm³/mol. The van der Waals surface area contributed by atoms with Gasteiger partial charge in [-0.05, 0) is 35.9 Å². The van der Waals surface area contributed by atoms with Gasteiger partial charge in [0.25, 0.3) is 5.91 Å². The van der Waals surface area contributed by atoms with Crippen LogP contribution < -0.4 is 24.4 Å². The van der Waals surface area contributed by atoms with Crippen molar-refractivity contribution >= 4 is 29.2 Å². The molecule has 3 aromatic rings. The minimum atomic E-state index is -1.15. The largest absolute Gasteiger partial charge is 0.493 e. The summed E-state index contributed by atoms with van der Waals surface area (Å²) in [4.78, 5) is 27.1. The second-order valence-corrected chi connectivity index (χ2v) is 9.45. The van der Waals surface area contributed by atoms with E-state index in [4.69, 9.17) is 25.8 Å². The SMILES string of the molecule is COc1cc(Cl)c(C(=O)NC(Cc2ccc(OC3CCN(c4ccccc4)CC3)cc2)C(=O)O)cc1OC. The van der Waals surface area contributed by atoms with Crippen molar-refractivity contribution in [1.82, 2.24) is 5.32 Å². The number of aliphatic carboxylic acids is 1. The fraction of sp³-hybridized carbons (Fsp3) is 0.310. The Hall–Kier alpha value is -3.91. The second-order valence-electron chi connectivity index (χ2n) is 9.04. The molecule has 0 aromatic heterocycles. The summed E-state index contributed by atoms with van der Waals surface area (Å²) < 4.78 is 16.6. The van der Waals surface area contributed by atoms with Gasteiger partial charge in [-0.3, -0.25) is 4.79 Å². The van der Waals surface area contributed by atoms with E-state index in [0.717, 1.165) is 37.2 Å². The van der Waals surface area contributed by atoms with E-state index in [1.807, 2.05) is 42.5 Å². The van der Waals surface area contributed by atoms with Crippen molar-refractivity contribution in [1.29, 1.82) is 0 Å². The Morgan fingerprint density at radius 3 is 2.24 bits per heavy atom. The Kier molecular flexibility index (Phi) is 8.97. The molecule has 3 aromatic carbocycles. The molecule has 2 N–H and O–H groups in total. The Balaban J connectivity index is 1.34. The maximum Gasteiger partial charge on any atom is 0.326 e. The van der Waals surface area contributed by atoms with E-state index in [1.165, 1.54) is 32.0 Å². The summed E-state index contributed by atoms with van der Waals surface area (Å²) in [7, 11) is 2.90. The van der Waals surface area contributed by atoms with Crippen molar-refractivity contribution < 1.29 is 28.9 Å². The number of amides is 1. The number of ether oxygens (including phenoxy) is 3. The van der Waals surface area contributed by atoms with Crippen molar-refractivity contribution in [3.05, 3.63) is 82.9 Å². The normalized spacial score (nSPS) is 14.4. The van der Waals surface area contributed by atoms with Gasteiger partial charge in [0, 0.05) is 44.1 Å². The highest BCUT2D eigenvalue weighted by Gasteiger charge is 2.24. The molecule has 38 heavy (non-hydrogen) atoms. The molecular weight excluding hydrogens is 508 g/mol. The first kappa shape index (κ1) is 27.1. The van der Waals surface area contributed by atoms with E-state index < -0.39 is 17.9 Å². The lowest BCUT2D eigenvalue weighted by molar-refractivity contribution is -0.139. The number of anilines is 1. The van der Waals surface area contributed by atoms with Gasteiger partial charge in [-0.15, -0.1) is 0 Å². The van der Waals surface area contributed by atoms with Crippen molar-refractivity contribution in [2.24, 2.45) is 0 Å². The van der Waals surface area contributed by atoms with E-state index in [9.17, 15) is 14.7 Å². The third-order valence-electron chi connectivity index (χ3n) is 6.55. The third-order valence-corrected chi connectivity index (χ3v) is 6.86. The minimum absolute atomic E-state index is 0.0950. The Morgan fingerprint density at radius 2 is 1.63 bits per heavy atom. The van der Waals surface area contributed by atoms with Crippen LogP contribution in [0.15, 0.2) is 66.7 Å². The van der Waals surface area contributed by atoms with Gasteiger partial charge in [-0.1, -0.05) is 41.9 Å². The molecular formula is C29H31ClN2O6. The number of para-hydroxylation sites is 1. The summed E-state index contributed by atoms with van der Waals surface area (Å²) >= 11 is 6.23. The Labute approximate surface area is 227 Å². The highest BCUT2D eigenvalue weighted by atomic mass is 35.5. The molecule has 0 radical (unpaired) electrons. The standard InChI is InChI=1S/C29H31ClN2O6/c1-36-26-17-23(24(30)18-27(26)37-2)28(33)31-25(29(34)35)16-19-8-10-21(11-9-19)38-22-12-14-32(15-13-22)20-6-4-3-5-7-20/h3-11,17-18,22,25H,12-16H2,1-2H3,(H,31,33)(H,34,35). The molecule has 1 heterocycles. The van der Waals surface area contributed by atoms with Crippen LogP contribution in [0.1, 0.15) is 28.8 Å². The molecule has 1 atom stereocenters. The fourth-order valence-corrected chi connectivity index (χ4v) is 4.71. The molecule has 0 bridgehead atoms. The summed E-state index contributed by atoms with van der Waals surface area (Å²) in [6.07, 6.45) is 2.06. The molecule has 200 valence electrons. The van der Waals surface area contributed by atoms with Crippen LogP contribution in [0.5, 0.6) is 17.2 Å². The zero-order chi connectivity index (χ0) is 27.1. The van der Waals surface area contributed by atoms with Gasteiger partial charge < -0.3 is 29.5 Å². The second kappa shape index (κ2) is 12.6. The van der Waals surface area contributed by atoms with Gasteiger partial charge in [0.2, 0.25) is 0 Å². The fourth-order valence-electron chi connectivity index (χ4n) is 4.47. The zero-order valence-electron chi connectivity index (χ0n) is 21.4. The van der Waals surface area contributed by atoms with Gasteiger partial charge in [-0.2, -0.15) is 0 Å². The van der Waals surface area contributed by atoms with Gasteiger partial charge in [-0.25, -0.2) is 4.79 Å². The molecule has 4 rings (SSSR count). The number of carbonyl (C=O) groups is 2. The number of piperidine rings is 1. The molecule has 0 aliphatic carbocycles. The number of nitrogens with zero attached hydrogens (tertiary/aromatic N) is 1. The van der Waals surface area contributed by atoms with Gasteiger partial charge in [0.15, 0.2) is 11.5 Å². The number of rotatable bonds is 10. The zero-order valence-corrected chi connectivity index (χ0v) is 22.1. The first-order valence-electron chi connectivity index (χ1n) is 12.4. The van der Waals surface area contributed by atoms with E-state index in [0.29, 0.717) is 11.5 Å². The molecule has 1 aliphatic heterocycles. The maximum atomic E-state index is 12.8. The number of carbonyl (C=O) groups excluding carboxylic acids is 1. The quantitative estimate of drug-likeness (QED) is 0.381. The average molecular weight is 539 g/mol. The molecule has 8 nitrogen and oxygen atoms in total.